The summed E-state index contributed by atoms with van der Waals surface area (Å²) in [4.78, 5) is 15.5. The molecule has 0 radical (unpaired) electrons. The first-order valence-corrected chi connectivity index (χ1v) is 16.4. The highest BCUT2D eigenvalue weighted by Crippen LogP contribution is 2.37. The Morgan fingerprint density at radius 2 is 1.77 bits per heavy atom. The molecule has 0 saturated carbocycles. The zero-order valence-corrected chi connectivity index (χ0v) is 27.2. The van der Waals surface area contributed by atoms with E-state index in [0.29, 0.717) is 41.6 Å². The number of carboxylic acid groups (broad SMARTS) is 1. The van der Waals surface area contributed by atoms with Gasteiger partial charge in [-0.05, 0) is 60.4 Å². The summed E-state index contributed by atoms with van der Waals surface area (Å²) < 4.78 is 47.3. The summed E-state index contributed by atoms with van der Waals surface area (Å²) in [5.41, 5.74) is 3.13. The van der Waals surface area contributed by atoms with Gasteiger partial charge in [-0.2, -0.15) is 0 Å². The Morgan fingerprint density at radius 3 is 2.49 bits per heavy atom. The molecule has 4 aromatic rings. The number of carbonyl (C=O) groups is 1. The fourth-order valence-electron chi connectivity index (χ4n) is 4.83. The molecule has 0 saturated heterocycles. The normalized spacial score (nSPS) is 13.9. The molecule has 1 aliphatic heterocycles. The predicted molar refractivity (Wildman–Crippen MR) is 173 cm³/mol. The van der Waals surface area contributed by atoms with Crippen LogP contribution in [0.5, 0.6) is 23.0 Å². The molecule has 0 bridgehead atoms. The lowest BCUT2D eigenvalue weighted by atomic mass is 9.96. The largest absolute Gasteiger partial charge is 0.488 e. The van der Waals surface area contributed by atoms with E-state index in [9.17, 15) is 23.4 Å². The van der Waals surface area contributed by atoms with E-state index >= 15 is 0 Å². The number of hydrogen-bond donors (Lipinski definition) is 4. The van der Waals surface area contributed by atoms with Crippen molar-refractivity contribution in [3.63, 3.8) is 0 Å². The van der Waals surface area contributed by atoms with E-state index in [1.54, 1.807) is 12.1 Å². The van der Waals surface area contributed by atoms with E-state index in [4.69, 9.17) is 35.7 Å². The fraction of sp³-hybridized carbons (Fsp3) is 0.273. The average molecular weight is 684 g/mol. The number of nitrogens with zero attached hydrogens (tertiary/aromatic N) is 1. The molecule has 1 atom stereocenters. The molecule has 3 aromatic carbocycles. The van der Waals surface area contributed by atoms with Crippen LogP contribution in [0.1, 0.15) is 29.2 Å². The van der Waals surface area contributed by atoms with E-state index in [0.717, 1.165) is 28.5 Å². The number of pyridine rings is 1. The van der Waals surface area contributed by atoms with Crippen molar-refractivity contribution in [2.24, 2.45) is 5.14 Å². The van der Waals surface area contributed by atoms with Gasteiger partial charge in [0.15, 0.2) is 11.5 Å². The molecule has 14 heteroatoms. The van der Waals surface area contributed by atoms with Crippen molar-refractivity contribution in [3.05, 3.63) is 94.3 Å². The van der Waals surface area contributed by atoms with Crippen LogP contribution in [0.3, 0.4) is 0 Å². The summed E-state index contributed by atoms with van der Waals surface area (Å²) >= 11 is 6.65. The smallest absolute Gasteiger partial charge is 0.326 e. The van der Waals surface area contributed by atoms with Crippen LogP contribution >= 0.6 is 11.6 Å². The van der Waals surface area contributed by atoms with Crippen LogP contribution in [0.25, 0.3) is 11.1 Å². The van der Waals surface area contributed by atoms with Gasteiger partial charge in [-0.25, -0.2) is 13.6 Å². The van der Waals surface area contributed by atoms with Gasteiger partial charge in [-0.15, -0.1) is 0 Å². The van der Waals surface area contributed by atoms with Crippen LogP contribution in [0.4, 0.5) is 0 Å². The molecular weight excluding hydrogens is 650 g/mol. The number of nitrogens with two attached hydrogens (primary N) is 1. The van der Waals surface area contributed by atoms with Gasteiger partial charge in [0.1, 0.15) is 48.4 Å². The third-order valence-corrected chi connectivity index (χ3v) is 8.92. The monoisotopic (exact) mass is 683 g/mol. The van der Waals surface area contributed by atoms with E-state index < -0.39 is 28.1 Å². The number of halogens is 1. The number of aliphatic carboxylic acids is 1. The second-order valence-corrected chi connectivity index (χ2v) is 13.1. The molecule has 2 heterocycles. The number of aromatic nitrogens is 1. The number of ether oxygens (including phenoxy) is 4. The molecule has 1 aliphatic rings. The molecule has 248 valence electrons. The second-order valence-electron chi connectivity index (χ2n) is 11.1. The lowest BCUT2D eigenvalue weighted by Crippen LogP contribution is -2.52. The maximum atomic E-state index is 11.8. The molecule has 5 N–H and O–H groups in total. The number of sulfonamides is 1. The van der Waals surface area contributed by atoms with Crippen LogP contribution in [-0.4, -0.2) is 54.9 Å². The lowest BCUT2D eigenvalue weighted by molar-refractivity contribution is -0.145. The summed E-state index contributed by atoms with van der Waals surface area (Å²) in [6.07, 6.45) is 2.57. The average Bonchev–Trinajstić information content (AvgIpc) is 3.06. The molecule has 1 aromatic heterocycles. The molecule has 12 nitrogen and oxygen atoms in total. The summed E-state index contributed by atoms with van der Waals surface area (Å²) in [7, 11) is -3.98. The van der Waals surface area contributed by atoms with Gasteiger partial charge in [0.05, 0.1) is 11.6 Å². The number of nitrogens with one attached hydrogen (secondary N) is 1. The molecule has 0 unspecified atom stereocenters. The van der Waals surface area contributed by atoms with Crippen molar-refractivity contribution in [1.82, 2.24) is 10.3 Å². The number of hydrogen-bond acceptors (Lipinski definition) is 10. The van der Waals surface area contributed by atoms with Crippen molar-refractivity contribution in [1.29, 1.82) is 0 Å². The molecule has 0 aliphatic carbocycles. The molecule has 0 amide bonds. The first kappa shape index (κ1) is 33.9. The topological polar surface area (TPSA) is 180 Å². The number of aliphatic hydroxyl groups excluding tert-OH is 1. The Kier molecular flexibility index (Phi) is 10.2. The first-order valence-electron chi connectivity index (χ1n) is 14.5. The molecule has 0 fully saturated rings. The number of aliphatic hydroxyl groups is 1. The Balaban J connectivity index is 1.40. The minimum atomic E-state index is -3.98. The van der Waals surface area contributed by atoms with E-state index in [1.807, 2.05) is 43.3 Å². The summed E-state index contributed by atoms with van der Waals surface area (Å²) in [6.45, 7) is 3.72. The number of primary sulfonamides is 1. The van der Waals surface area contributed by atoms with Crippen molar-refractivity contribution in [2.75, 3.05) is 19.8 Å². The Morgan fingerprint density at radius 1 is 1.02 bits per heavy atom. The minimum Gasteiger partial charge on any atom is -0.488 e. The lowest BCUT2D eigenvalue weighted by Gasteiger charge is -2.25. The Hall–Kier alpha value is -4.40. The summed E-state index contributed by atoms with van der Waals surface area (Å²) in [5, 5.41) is 27.6. The van der Waals surface area contributed by atoms with E-state index in [-0.39, 0.29) is 35.4 Å². The van der Waals surface area contributed by atoms with Crippen molar-refractivity contribution in [2.45, 2.75) is 44.0 Å². The van der Waals surface area contributed by atoms with Crippen LogP contribution in [0, 0.1) is 6.92 Å². The van der Waals surface area contributed by atoms with E-state index in [2.05, 4.69) is 10.3 Å². The summed E-state index contributed by atoms with van der Waals surface area (Å²) in [5.74, 6) is 0.743. The SMILES string of the molecule is Cc1c(COc2cc(OCc3cncc(S(N)(=O)=O)c3)c(CN[C@@](C)(CO)C(=O)O)cc2Cl)cccc1-c1ccc2c(c1)OCCO2. The van der Waals surface area contributed by atoms with Gasteiger partial charge in [-0.1, -0.05) is 35.9 Å². The standard InChI is InChI=1S/C33H34ClN3O9S/c1-20-23(4-3-5-26(20)22-6-7-28-31(12-22)44-9-8-43-28)18-46-30-13-29(45-17-21-10-25(16-36-14-21)47(35,41)42)24(11-27(30)34)15-37-33(2,19-38)32(39)40/h3-7,10-14,16,37-38H,8-9,15,17-19H2,1-2H3,(H,39,40)(H2,35,41,42)/t33-/m0/s1. The number of benzene rings is 3. The highest BCUT2D eigenvalue weighted by Gasteiger charge is 2.32. The number of carboxylic acids is 1. The minimum absolute atomic E-state index is 0.0369. The van der Waals surface area contributed by atoms with Gasteiger partial charge in [-0.3, -0.25) is 15.1 Å². The second kappa shape index (κ2) is 14.2. The Labute approximate surface area is 277 Å². The summed E-state index contributed by atoms with van der Waals surface area (Å²) in [6, 6.07) is 16.2. The van der Waals surface area contributed by atoms with Gasteiger partial charge < -0.3 is 29.2 Å². The van der Waals surface area contributed by atoms with Crippen LogP contribution in [-0.2, 0) is 34.6 Å². The van der Waals surface area contributed by atoms with Gasteiger partial charge in [0.2, 0.25) is 10.0 Å². The Bertz CT molecular complexity index is 1900. The highest BCUT2D eigenvalue weighted by molar-refractivity contribution is 7.89. The molecule has 0 spiro atoms. The zero-order chi connectivity index (χ0) is 33.8. The predicted octanol–water partition coefficient (Wildman–Crippen LogP) is 4.21. The van der Waals surface area contributed by atoms with Crippen LogP contribution in [0.2, 0.25) is 5.02 Å². The van der Waals surface area contributed by atoms with Crippen LogP contribution < -0.4 is 29.4 Å². The van der Waals surface area contributed by atoms with Gasteiger partial charge >= 0.3 is 5.97 Å². The third-order valence-electron chi connectivity index (χ3n) is 7.75. The van der Waals surface area contributed by atoms with Crippen molar-refractivity contribution in [3.8, 4) is 34.1 Å². The molecule has 47 heavy (non-hydrogen) atoms. The third kappa shape index (κ3) is 7.95. The molecular formula is C33H34ClN3O9S. The van der Waals surface area contributed by atoms with Crippen LogP contribution in [0.15, 0.2) is 71.9 Å². The van der Waals surface area contributed by atoms with Crippen molar-refractivity contribution >= 4 is 27.6 Å². The number of rotatable bonds is 13. The number of fused-ring (bicyclic) bond motifs is 1. The maximum absolute atomic E-state index is 11.8. The highest BCUT2D eigenvalue weighted by atomic mass is 35.5. The van der Waals surface area contributed by atoms with E-state index in [1.165, 1.54) is 19.2 Å². The van der Waals surface area contributed by atoms with Gasteiger partial charge in [0.25, 0.3) is 0 Å². The van der Waals surface area contributed by atoms with Gasteiger partial charge in [0, 0.05) is 36.1 Å². The van der Waals surface area contributed by atoms with Crippen molar-refractivity contribution < 1.29 is 42.4 Å². The maximum Gasteiger partial charge on any atom is 0.326 e. The fourth-order valence-corrected chi connectivity index (χ4v) is 5.59. The zero-order valence-electron chi connectivity index (χ0n) is 25.7. The first-order chi connectivity index (χ1) is 22.4. The quantitative estimate of drug-likeness (QED) is 0.159. The molecule has 5 rings (SSSR count).